The van der Waals surface area contributed by atoms with Crippen LogP contribution in [0.5, 0.6) is 0 Å². The highest BCUT2D eigenvalue weighted by molar-refractivity contribution is 5.76. The highest BCUT2D eigenvalue weighted by atomic mass is 16.5. The minimum Gasteiger partial charge on any atom is -0.466 e. The predicted octanol–water partition coefficient (Wildman–Crippen LogP) is 21.8. The molecule has 0 saturated heterocycles. The molecule has 0 saturated carbocycles. The molecular weight excluding hydrogens is 911 g/mol. The second-order valence-electron chi connectivity index (χ2n) is 23.9. The smallest absolute Gasteiger partial charge is 0.305 e. The number of rotatable bonds is 65. The molecular formula is C68H135NO5. The molecule has 6 heteroatoms. The lowest BCUT2D eigenvalue weighted by Gasteiger charge is -2.22. The van der Waals surface area contributed by atoms with Crippen molar-refractivity contribution in [1.29, 1.82) is 0 Å². The number of aliphatic hydroxyl groups is 2. The Kier molecular flexibility index (Phi) is 63.4. The number of amides is 1. The number of carbonyl (C=O) groups is 2. The molecule has 0 aromatic heterocycles. The highest BCUT2D eigenvalue weighted by Gasteiger charge is 2.20. The molecule has 6 nitrogen and oxygen atoms in total. The molecule has 0 aromatic rings. The summed E-state index contributed by atoms with van der Waals surface area (Å²) in [5.74, 6) is -0.00672. The van der Waals surface area contributed by atoms with E-state index in [4.69, 9.17) is 4.74 Å². The van der Waals surface area contributed by atoms with Gasteiger partial charge in [-0.2, -0.15) is 0 Å². The van der Waals surface area contributed by atoms with Gasteiger partial charge in [-0.25, -0.2) is 0 Å². The molecule has 0 aliphatic rings. The topological polar surface area (TPSA) is 95.9 Å². The van der Waals surface area contributed by atoms with Crippen molar-refractivity contribution in [2.75, 3.05) is 13.2 Å². The Balaban J connectivity index is 3.29. The standard InChI is InChI=1S/C68H135NO5/c1-3-5-7-9-11-13-15-16-17-18-28-32-35-38-42-46-50-54-58-62-68(73)74-63-59-55-51-47-43-39-36-33-30-27-25-23-21-19-20-22-24-26-29-31-34-37-41-45-49-53-57-61-67(72)69-65(64-70)66(71)60-56-52-48-44-40-14-12-10-8-6-4-2/h65-66,70-71H,3-64H2,1-2H3,(H,69,72). The first kappa shape index (κ1) is 72.9. The highest BCUT2D eigenvalue weighted by Crippen LogP contribution is 2.19. The van der Waals surface area contributed by atoms with Gasteiger partial charge in [0.05, 0.1) is 25.4 Å². The average molecular weight is 1050 g/mol. The van der Waals surface area contributed by atoms with E-state index in [-0.39, 0.29) is 18.5 Å². The Morgan fingerprint density at radius 3 is 0.824 bits per heavy atom. The lowest BCUT2D eigenvalue weighted by atomic mass is 10.0. The maximum absolute atomic E-state index is 12.5. The summed E-state index contributed by atoms with van der Waals surface area (Å²) < 4.78 is 5.51. The van der Waals surface area contributed by atoms with E-state index in [1.807, 2.05) is 0 Å². The first-order chi connectivity index (χ1) is 36.5. The van der Waals surface area contributed by atoms with Gasteiger partial charge in [-0.05, 0) is 25.7 Å². The third kappa shape index (κ3) is 60.1. The van der Waals surface area contributed by atoms with Gasteiger partial charge < -0.3 is 20.3 Å². The van der Waals surface area contributed by atoms with Crippen molar-refractivity contribution in [2.45, 2.75) is 411 Å². The first-order valence-corrected chi connectivity index (χ1v) is 34.3. The van der Waals surface area contributed by atoms with Gasteiger partial charge in [-0.1, -0.05) is 361 Å². The van der Waals surface area contributed by atoms with Gasteiger partial charge in [0, 0.05) is 12.8 Å². The van der Waals surface area contributed by atoms with Crippen molar-refractivity contribution in [1.82, 2.24) is 5.32 Å². The fraction of sp³-hybridized carbons (Fsp3) is 0.971. The number of aliphatic hydroxyl groups excluding tert-OH is 2. The molecule has 0 fully saturated rings. The summed E-state index contributed by atoms with van der Waals surface area (Å²) in [5, 5.41) is 23.2. The second-order valence-corrected chi connectivity index (χ2v) is 23.9. The third-order valence-corrected chi connectivity index (χ3v) is 16.4. The van der Waals surface area contributed by atoms with E-state index in [1.165, 1.54) is 327 Å². The number of nitrogens with one attached hydrogen (secondary N) is 1. The number of hydrogen-bond donors (Lipinski definition) is 3. The molecule has 0 radical (unpaired) electrons. The first-order valence-electron chi connectivity index (χ1n) is 34.3. The Morgan fingerprint density at radius 2 is 0.554 bits per heavy atom. The molecule has 442 valence electrons. The molecule has 3 N–H and O–H groups in total. The normalized spacial score (nSPS) is 12.4. The van der Waals surface area contributed by atoms with Crippen LogP contribution < -0.4 is 5.32 Å². The molecule has 0 spiro atoms. The minimum absolute atomic E-state index is 0.0240. The lowest BCUT2D eigenvalue weighted by molar-refractivity contribution is -0.143. The van der Waals surface area contributed by atoms with Gasteiger partial charge >= 0.3 is 5.97 Å². The molecule has 0 aliphatic carbocycles. The van der Waals surface area contributed by atoms with Crippen molar-refractivity contribution >= 4 is 11.9 Å². The molecule has 0 bridgehead atoms. The van der Waals surface area contributed by atoms with Gasteiger partial charge in [-0.3, -0.25) is 9.59 Å². The summed E-state index contributed by atoms with van der Waals surface area (Å²) >= 11 is 0. The summed E-state index contributed by atoms with van der Waals surface area (Å²) in [6.45, 7) is 4.99. The van der Waals surface area contributed by atoms with Crippen LogP contribution in [0.1, 0.15) is 399 Å². The van der Waals surface area contributed by atoms with Crippen LogP contribution >= 0.6 is 0 Å². The second kappa shape index (κ2) is 64.4. The number of unbranched alkanes of at least 4 members (excludes halogenated alkanes) is 54. The van der Waals surface area contributed by atoms with E-state index in [0.29, 0.717) is 25.9 Å². The molecule has 0 aromatic carbocycles. The summed E-state index contributed by atoms with van der Waals surface area (Å²) in [7, 11) is 0. The molecule has 0 aliphatic heterocycles. The van der Waals surface area contributed by atoms with E-state index in [9.17, 15) is 19.8 Å². The Bertz CT molecular complexity index is 1070. The molecule has 2 unspecified atom stereocenters. The van der Waals surface area contributed by atoms with Gasteiger partial charge in [-0.15, -0.1) is 0 Å². The molecule has 1 amide bonds. The predicted molar refractivity (Wildman–Crippen MR) is 324 cm³/mol. The number of ether oxygens (including phenoxy) is 1. The van der Waals surface area contributed by atoms with Crippen molar-refractivity contribution in [3.8, 4) is 0 Å². The van der Waals surface area contributed by atoms with E-state index < -0.39 is 12.1 Å². The molecule has 74 heavy (non-hydrogen) atoms. The zero-order chi connectivity index (χ0) is 53.6. The van der Waals surface area contributed by atoms with Crippen LogP contribution in [0.25, 0.3) is 0 Å². The van der Waals surface area contributed by atoms with Gasteiger partial charge in [0.15, 0.2) is 0 Å². The largest absolute Gasteiger partial charge is 0.466 e. The third-order valence-electron chi connectivity index (χ3n) is 16.4. The Morgan fingerprint density at radius 1 is 0.324 bits per heavy atom. The summed E-state index contributed by atoms with van der Waals surface area (Å²) in [4.78, 5) is 24.6. The monoisotopic (exact) mass is 1050 g/mol. The number of carbonyl (C=O) groups excluding carboxylic acids is 2. The van der Waals surface area contributed by atoms with Crippen LogP contribution in [0.3, 0.4) is 0 Å². The minimum atomic E-state index is -0.660. The van der Waals surface area contributed by atoms with Gasteiger partial charge in [0.25, 0.3) is 0 Å². The van der Waals surface area contributed by atoms with Gasteiger partial charge in [0.1, 0.15) is 0 Å². The molecule has 0 rings (SSSR count). The van der Waals surface area contributed by atoms with Crippen LogP contribution in [-0.2, 0) is 14.3 Å². The summed E-state index contributed by atoms with van der Waals surface area (Å²) in [6, 6.07) is -0.537. The van der Waals surface area contributed by atoms with E-state index in [1.54, 1.807) is 0 Å². The summed E-state index contributed by atoms with van der Waals surface area (Å²) in [5.41, 5.74) is 0. The maximum Gasteiger partial charge on any atom is 0.305 e. The zero-order valence-electron chi connectivity index (χ0n) is 50.6. The fourth-order valence-corrected chi connectivity index (χ4v) is 11.2. The molecule has 2 atom stereocenters. The van der Waals surface area contributed by atoms with Crippen molar-refractivity contribution in [2.24, 2.45) is 0 Å². The maximum atomic E-state index is 12.5. The van der Waals surface area contributed by atoms with E-state index >= 15 is 0 Å². The zero-order valence-corrected chi connectivity index (χ0v) is 50.6. The van der Waals surface area contributed by atoms with Gasteiger partial charge in [0.2, 0.25) is 5.91 Å². The lowest BCUT2D eigenvalue weighted by Crippen LogP contribution is -2.45. The van der Waals surface area contributed by atoms with E-state index in [2.05, 4.69) is 19.2 Å². The van der Waals surface area contributed by atoms with Crippen LogP contribution in [-0.4, -0.2) is 47.4 Å². The quantitative estimate of drug-likeness (QED) is 0.0417. The van der Waals surface area contributed by atoms with E-state index in [0.717, 1.165) is 38.5 Å². The number of esters is 1. The van der Waals surface area contributed by atoms with Crippen LogP contribution in [0.4, 0.5) is 0 Å². The fourth-order valence-electron chi connectivity index (χ4n) is 11.2. The average Bonchev–Trinajstić information content (AvgIpc) is 3.40. The molecule has 0 heterocycles. The van der Waals surface area contributed by atoms with Crippen molar-refractivity contribution in [3.63, 3.8) is 0 Å². The van der Waals surface area contributed by atoms with Crippen molar-refractivity contribution < 1.29 is 24.5 Å². The van der Waals surface area contributed by atoms with Crippen molar-refractivity contribution in [3.05, 3.63) is 0 Å². The van der Waals surface area contributed by atoms with Crippen LogP contribution in [0, 0.1) is 0 Å². The SMILES string of the molecule is CCCCCCCCCCCCCCCCCCCCCC(=O)OCCCCCCCCCCCCCCCCCCCCCCCCCCCCCC(=O)NC(CO)C(O)CCCCCCCCCCCCC. The Hall–Kier alpha value is -1.14. The summed E-state index contributed by atoms with van der Waals surface area (Å²) in [6.07, 6.45) is 77.3. The van der Waals surface area contributed by atoms with Crippen LogP contribution in [0.15, 0.2) is 0 Å². The Labute approximate surface area is 464 Å². The van der Waals surface area contributed by atoms with Crippen LogP contribution in [0.2, 0.25) is 0 Å². The number of hydrogen-bond acceptors (Lipinski definition) is 5.